The first-order chi connectivity index (χ1) is 10.0. The van der Waals surface area contributed by atoms with Crippen molar-refractivity contribution in [1.82, 2.24) is 0 Å². The van der Waals surface area contributed by atoms with E-state index in [0.717, 1.165) is 18.5 Å². The van der Waals surface area contributed by atoms with E-state index in [9.17, 15) is 15.0 Å². The van der Waals surface area contributed by atoms with E-state index in [2.05, 4.69) is 13.8 Å². The first-order valence-electron chi connectivity index (χ1n) is 7.93. The maximum atomic E-state index is 10.1. The molecule has 0 heterocycles. The van der Waals surface area contributed by atoms with E-state index in [-0.39, 0.29) is 6.61 Å². The summed E-state index contributed by atoms with van der Waals surface area (Å²) in [4.78, 5) is 10.1. The number of rotatable bonds is 12. The summed E-state index contributed by atoms with van der Waals surface area (Å²) < 4.78 is 17.1. The van der Waals surface area contributed by atoms with Gasteiger partial charge in [-0.15, -0.1) is 0 Å². The van der Waals surface area contributed by atoms with E-state index in [1.807, 2.05) is 0 Å². The van der Waals surface area contributed by atoms with Crippen LogP contribution in [0, 0.1) is 5.92 Å². The van der Waals surface area contributed by atoms with Crippen molar-refractivity contribution < 1.29 is 28.3 Å². The molecule has 0 aliphatic heterocycles. The topological polar surface area (TPSA) is 88.4 Å². The lowest BCUT2D eigenvalue weighted by Gasteiger charge is -2.35. The fourth-order valence-electron chi connectivity index (χ4n) is 2.29. The highest BCUT2D eigenvalue weighted by Gasteiger charge is 2.42. The van der Waals surface area contributed by atoms with Crippen LogP contribution >= 0.6 is 0 Å². The molecule has 6 nitrogen and oxygen atoms in total. The molecule has 0 aliphatic carbocycles. The molecule has 0 aromatic carbocycles. The minimum Gasteiger partial charge on any atom is -0.415 e. The normalized spacial score (nSPS) is 18.3. The van der Waals surface area contributed by atoms with Gasteiger partial charge in [0.1, 0.15) is 6.10 Å². The molecular formula is C14H34O6Si2. The Bertz CT molecular complexity index is 296. The van der Waals surface area contributed by atoms with Gasteiger partial charge in [-0.05, 0) is 44.4 Å². The second kappa shape index (κ2) is 10.1. The molecule has 0 aromatic rings. The van der Waals surface area contributed by atoms with Gasteiger partial charge in [-0.25, -0.2) is 0 Å². The summed E-state index contributed by atoms with van der Waals surface area (Å²) in [6, 6.07) is 1.57. The first kappa shape index (κ1) is 22.2. The average Bonchev–Trinajstić information content (AvgIpc) is 2.35. The first-order valence-corrected chi connectivity index (χ1v) is 13.0. The zero-order chi connectivity index (χ0) is 17.4. The van der Waals surface area contributed by atoms with Crippen LogP contribution in [0.2, 0.25) is 25.2 Å². The second-order valence-electron chi connectivity index (χ2n) is 6.75. The van der Waals surface area contributed by atoms with Gasteiger partial charge in [-0.1, -0.05) is 13.8 Å². The lowest BCUT2D eigenvalue weighted by Crippen LogP contribution is -2.51. The molecule has 8 heteroatoms. The molecule has 0 radical (unpaired) electrons. The molecule has 0 amide bonds. The monoisotopic (exact) mass is 354 g/mol. The summed E-state index contributed by atoms with van der Waals surface area (Å²) in [5.41, 5.74) is 0. The van der Waals surface area contributed by atoms with Crippen molar-refractivity contribution in [2.45, 2.75) is 64.6 Å². The third kappa shape index (κ3) is 10.1. The van der Waals surface area contributed by atoms with Crippen LogP contribution < -0.4 is 0 Å². The second-order valence-corrected chi connectivity index (χ2v) is 13.6. The Labute approximate surface area is 136 Å². The van der Waals surface area contributed by atoms with Gasteiger partial charge in [0.05, 0.1) is 12.7 Å². The molecule has 0 saturated carbocycles. The predicted molar refractivity (Wildman–Crippen MR) is 91.1 cm³/mol. The van der Waals surface area contributed by atoms with E-state index in [1.165, 1.54) is 6.92 Å². The molecule has 0 spiro atoms. The van der Waals surface area contributed by atoms with Crippen molar-refractivity contribution >= 4 is 17.1 Å². The highest BCUT2D eigenvalue weighted by atomic mass is 28.5. The minimum atomic E-state index is -2.66. The number of aliphatic hydroxyl groups is 2. The largest absolute Gasteiger partial charge is 0.415 e. The maximum Gasteiger partial charge on any atom is 0.329 e. The van der Waals surface area contributed by atoms with Crippen LogP contribution in [0.25, 0.3) is 0 Å². The van der Waals surface area contributed by atoms with E-state index < -0.39 is 29.3 Å². The van der Waals surface area contributed by atoms with Gasteiger partial charge in [-0.2, -0.15) is 0 Å². The molecule has 0 saturated heterocycles. The van der Waals surface area contributed by atoms with Crippen LogP contribution in [0.3, 0.4) is 0 Å². The molecule has 0 fully saturated rings. The molecule has 3 N–H and O–H groups in total. The summed E-state index contributed by atoms with van der Waals surface area (Å²) in [5, 5.41) is 18.6. The Morgan fingerprint density at radius 1 is 1.09 bits per heavy atom. The van der Waals surface area contributed by atoms with E-state index in [4.69, 9.17) is 13.3 Å². The van der Waals surface area contributed by atoms with Gasteiger partial charge in [0.25, 0.3) is 0 Å². The fraction of sp³-hybridized carbons (Fsp3) is 1.00. The Morgan fingerprint density at radius 3 is 2.09 bits per heavy atom. The summed E-state index contributed by atoms with van der Waals surface area (Å²) >= 11 is 0. The van der Waals surface area contributed by atoms with Gasteiger partial charge in [0, 0.05) is 13.7 Å². The van der Waals surface area contributed by atoms with Crippen LogP contribution in [-0.2, 0) is 13.3 Å². The third-order valence-electron chi connectivity index (χ3n) is 3.22. The van der Waals surface area contributed by atoms with Gasteiger partial charge in [0.2, 0.25) is 0 Å². The van der Waals surface area contributed by atoms with E-state index >= 15 is 0 Å². The van der Waals surface area contributed by atoms with Crippen LogP contribution in [0.15, 0.2) is 0 Å². The Morgan fingerprint density at radius 2 is 1.68 bits per heavy atom. The van der Waals surface area contributed by atoms with Crippen LogP contribution in [0.5, 0.6) is 0 Å². The fourth-order valence-corrected chi connectivity index (χ4v) is 9.50. The SMILES string of the molecule is CO[Si](CCCOCC(O)C(C)O)(CC(C)C)O[Si](C)(C)O. The summed E-state index contributed by atoms with van der Waals surface area (Å²) in [6.45, 7) is 9.85. The van der Waals surface area contributed by atoms with Gasteiger partial charge < -0.3 is 28.3 Å². The molecule has 3 unspecified atom stereocenters. The zero-order valence-electron chi connectivity index (χ0n) is 14.8. The standard InChI is InChI=1S/C14H34O6Si2/c1-12(2)11-22(18-4,20-21(5,6)17)9-7-8-19-10-14(16)13(3)15/h12-17H,7-11H2,1-6H3. The maximum absolute atomic E-state index is 10.1. The lowest BCUT2D eigenvalue weighted by molar-refractivity contribution is -0.0303. The van der Waals surface area contributed by atoms with Gasteiger partial charge >= 0.3 is 17.1 Å². The number of hydrogen-bond acceptors (Lipinski definition) is 6. The number of aliphatic hydroxyl groups excluding tert-OH is 2. The molecular weight excluding hydrogens is 320 g/mol. The smallest absolute Gasteiger partial charge is 0.329 e. The molecule has 134 valence electrons. The molecule has 3 atom stereocenters. The highest BCUT2D eigenvalue weighted by molar-refractivity contribution is 6.79. The van der Waals surface area contributed by atoms with Crippen molar-refractivity contribution in [2.24, 2.45) is 5.92 Å². The Kier molecular flexibility index (Phi) is 10.2. The van der Waals surface area contributed by atoms with Crippen molar-refractivity contribution in [3.8, 4) is 0 Å². The van der Waals surface area contributed by atoms with Gasteiger partial charge in [-0.3, -0.25) is 0 Å². The Balaban J connectivity index is 4.40. The predicted octanol–water partition coefficient (Wildman–Crippen LogP) is 1.59. The van der Waals surface area contributed by atoms with Crippen LogP contribution in [0.4, 0.5) is 0 Å². The highest BCUT2D eigenvalue weighted by Crippen LogP contribution is 2.27. The van der Waals surface area contributed by atoms with Crippen molar-refractivity contribution in [3.05, 3.63) is 0 Å². The van der Waals surface area contributed by atoms with Gasteiger partial charge in [0.15, 0.2) is 0 Å². The van der Waals surface area contributed by atoms with E-state index in [1.54, 1.807) is 20.2 Å². The van der Waals surface area contributed by atoms with E-state index in [0.29, 0.717) is 12.5 Å². The summed E-state index contributed by atoms with van der Waals surface area (Å²) in [6.07, 6.45) is -0.915. The number of hydrogen-bond donors (Lipinski definition) is 3. The van der Waals surface area contributed by atoms with Crippen molar-refractivity contribution in [2.75, 3.05) is 20.3 Å². The molecule has 0 aromatic heterocycles. The van der Waals surface area contributed by atoms with Crippen LogP contribution in [-0.4, -0.2) is 64.7 Å². The molecule has 22 heavy (non-hydrogen) atoms. The Hall–Kier alpha value is 0.194. The van der Waals surface area contributed by atoms with Crippen molar-refractivity contribution in [3.63, 3.8) is 0 Å². The van der Waals surface area contributed by atoms with Crippen LogP contribution in [0.1, 0.15) is 27.2 Å². The zero-order valence-corrected chi connectivity index (χ0v) is 16.8. The van der Waals surface area contributed by atoms with Crippen molar-refractivity contribution in [1.29, 1.82) is 0 Å². The third-order valence-corrected chi connectivity index (χ3v) is 10.0. The number of ether oxygens (including phenoxy) is 1. The summed E-state index contributed by atoms with van der Waals surface area (Å²) in [5.74, 6) is 0.431. The molecule has 0 rings (SSSR count). The minimum absolute atomic E-state index is 0.116. The lowest BCUT2D eigenvalue weighted by atomic mass is 10.2. The quantitative estimate of drug-likeness (QED) is 0.364. The summed E-state index contributed by atoms with van der Waals surface area (Å²) in [7, 11) is -3.45. The molecule has 0 bridgehead atoms. The molecule has 0 aliphatic rings. The average molecular weight is 355 g/mol.